The van der Waals surface area contributed by atoms with Crippen LogP contribution in [0.15, 0.2) is 12.1 Å². The summed E-state index contributed by atoms with van der Waals surface area (Å²) < 4.78 is 5.21. The van der Waals surface area contributed by atoms with Gasteiger partial charge in [-0.2, -0.15) is 0 Å². The molecular formula is C18H16O7. The quantitative estimate of drug-likeness (QED) is 0.724. The lowest BCUT2D eigenvalue weighted by atomic mass is 9.73. The highest BCUT2D eigenvalue weighted by Gasteiger charge is 2.52. The average Bonchev–Trinajstić information content (AvgIpc) is 2.51. The van der Waals surface area contributed by atoms with E-state index in [4.69, 9.17) is 4.74 Å². The number of aliphatic hydroxyl groups is 1. The molecule has 0 bridgehead atoms. The van der Waals surface area contributed by atoms with Gasteiger partial charge in [0.25, 0.3) is 0 Å². The molecule has 0 saturated heterocycles. The van der Waals surface area contributed by atoms with Crippen LogP contribution in [0.25, 0.3) is 10.8 Å². The van der Waals surface area contributed by atoms with Crippen LogP contribution in [-0.2, 0) is 4.79 Å². The molecule has 7 nitrogen and oxygen atoms in total. The van der Waals surface area contributed by atoms with Gasteiger partial charge in [-0.1, -0.05) is 0 Å². The van der Waals surface area contributed by atoms with E-state index in [2.05, 4.69) is 0 Å². The zero-order chi connectivity index (χ0) is 18.7. The van der Waals surface area contributed by atoms with Crippen molar-refractivity contribution in [3.05, 3.63) is 28.8 Å². The van der Waals surface area contributed by atoms with Gasteiger partial charge in [-0.3, -0.25) is 14.4 Å². The van der Waals surface area contributed by atoms with Gasteiger partial charge in [0, 0.05) is 23.3 Å². The fraction of sp³-hybridized carbons (Fsp3) is 0.278. The van der Waals surface area contributed by atoms with Gasteiger partial charge in [0.15, 0.2) is 5.60 Å². The molecule has 0 heterocycles. The van der Waals surface area contributed by atoms with Crippen LogP contribution >= 0.6 is 0 Å². The second-order valence-corrected chi connectivity index (χ2v) is 6.21. The highest BCUT2D eigenvalue weighted by molar-refractivity contribution is 6.36. The second-order valence-electron chi connectivity index (χ2n) is 6.21. The third-order valence-electron chi connectivity index (χ3n) is 4.45. The lowest BCUT2D eigenvalue weighted by Crippen LogP contribution is -2.50. The molecular weight excluding hydrogens is 328 g/mol. The SMILES string of the molecule is COc1cc(O)c2c3c(c(O)cc(C)c13)C(=O)C(O)(CC(C)=O)C2=O. The maximum absolute atomic E-state index is 12.8. The molecule has 2 aromatic carbocycles. The zero-order valence-corrected chi connectivity index (χ0v) is 13.8. The standard InChI is InChI=1S/C18H16O7/c1-7-4-9(20)13-15-12(7)11(25-3)5-10(21)14(15)17(23)18(24,16(13)22)6-8(2)19/h4-5,20-21,24H,6H2,1-3H3. The van der Waals surface area contributed by atoms with Gasteiger partial charge >= 0.3 is 0 Å². The van der Waals surface area contributed by atoms with Gasteiger partial charge < -0.3 is 20.1 Å². The van der Waals surface area contributed by atoms with Crippen LogP contribution in [0.5, 0.6) is 17.2 Å². The first kappa shape index (κ1) is 16.9. The van der Waals surface area contributed by atoms with Gasteiger partial charge in [-0.05, 0) is 25.5 Å². The van der Waals surface area contributed by atoms with Gasteiger partial charge in [-0.25, -0.2) is 0 Å². The van der Waals surface area contributed by atoms with Crippen molar-refractivity contribution in [2.45, 2.75) is 25.9 Å². The Morgan fingerprint density at radius 2 is 1.60 bits per heavy atom. The highest BCUT2D eigenvalue weighted by Crippen LogP contribution is 2.47. The molecule has 0 saturated carbocycles. The Kier molecular flexibility index (Phi) is 3.58. The van der Waals surface area contributed by atoms with Crippen LogP contribution in [-0.4, -0.2) is 45.4 Å². The number of Topliss-reactive ketones (excluding diaryl/α,β-unsaturated/α-hetero) is 3. The molecule has 0 fully saturated rings. The number of hydrogen-bond donors (Lipinski definition) is 3. The van der Waals surface area contributed by atoms with Crippen LogP contribution in [0, 0.1) is 6.92 Å². The number of carbonyl (C=O) groups excluding carboxylic acids is 3. The highest BCUT2D eigenvalue weighted by atomic mass is 16.5. The molecule has 0 aliphatic heterocycles. The van der Waals surface area contributed by atoms with Gasteiger partial charge in [0.1, 0.15) is 23.0 Å². The number of aromatic hydroxyl groups is 2. The van der Waals surface area contributed by atoms with E-state index in [1.54, 1.807) is 6.92 Å². The first-order valence-electron chi connectivity index (χ1n) is 7.51. The Labute approximate surface area is 142 Å². The minimum atomic E-state index is -2.66. The summed E-state index contributed by atoms with van der Waals surface area (Å²) in [6, 6.07) is 2.51. The summed E-state index contributed by atoms with van der Waals surface area (Å²) >= 11 is 0. The number of benzene rings is 2. The molecule has 3 N–H and O–H groups in total. The fourth-order valence-corrected chi connectivity index (χ4v) is 3.42. The molecule has 1 aliphatic rings. The zero-order valence-electron chi connectivity index (χ0n) is 13.8. The maximum Gasteiger partial charge on any atom is 0.207 e. The predicted molar refractivity (Wildman–Crippen MR) is 87.5 cm³/mol. The summed E-state index contributed by atoms with van der Waals surface area (Å²) in [6.07, 6.45) is -0.746. The molecule has 0 aromatic heterocycles. The number of hydrogen-bond acceptors (Lipinski definition) is 7. The first-order valence-corrected chi connectivity index (χ1v) is 7.51. The molecule has 7 heteroatoms. The minimum absolute atomic E-state index is 0.0116. The summed E-state index contributed by atoms with van der Waals surface area (Å²) in [4.78, 5) is 37.1. The van der Waals surface area contributed by atoms with Crippen molar-refractivity contribution in [1.29, 1.82) is 0 Å². The molecule has 130 valence electrons. The van der Waals surface area contributed by atoms with Gasteiger partial charge in [-0.15, -0.1) is 0 Å². The van der Waals surface area contributed by atoms with E-state index < -0.39 is 40.9 Å². The topological polar surface area (TPSA) is 121 Å². The van der Waals surface area contributed by atoms with Crippen LogP contribution in [0.1, 0.15) is 39.6 Å². The van der Waals surface area contributed by atoms with Crippen LogP contribution in [0.4, 0.5) is 0 Å². The summed E-state index contributed by atoms with van der Waals surface area (Å²) in [5, 5.41) is 31.6. The lowest BCUT2D eigenvalue weighted by Gasteiger charge is -2.31. The molecule has 0 spiro atoms. The summed E-state index contributed by atoms with van der Waals surface area (Å²) in [6.45, 7) is 2.78. The Bertz CT molecular complexity index is 949. The molecule has 3 rings (SSSR count). The molecule has 2 aromatic rings. The number of phenolic OH excluding ortho intramolecular Hbond substituents is 2. The molecule has 1 aliphatic carbocycles. The predicted octanol–water partition coefficient (Wildman–Crippen LogP) is 1.66. The number of ketones is 3. The molecule has 1 atom stereocenters. The summed E-state index contributed by atoms with van der Waals surface area (Å²) in [5.41, 5.74) is -2.77. The van der Waals surface area contributed by atoms with E-state index in [1.807, 2.05) is 0 Å². The lowest BCUT2D eigenvalue weighted by molar-refractivity contribution is -0.119. The Balaban J connectivity index is 2.53. The van der Waals surface area contributed by atoms with Gasteiger partial charge in [0.2, 0.25) is 11.6 Å². The first-order chi connectivity index (χ1) is 11.6. The van der Waals surface area contributed by atoms with E-state index in [0.717, 1.165) is 6.92 Å². The van der Waals surface area contributed by atoms with Crippen molar-refractivity contribution in [2.24, 2.45) is 0 Å². The van der Waals surface area contributed by atoms with Crippen molar-refractivity contribution >= 4 is 28.1 Å². The smallest absolute Gasteiger partial charge is 0.207 e. The van der Waals surface area contributed by atoms with Crippen molar-refractivity contribution < 1.29 is 34.4 Å². The third kappa shape index (κ3) is 2.12. The van der Waals surface area contributed by atoms with E-state index in [0.29, 0.717) is 10.9 Å². The summed E-state index contributed by atoms with van der Waals surface area (Å²) in [5.74, 6) is -3.46. The second kappa shape index (κ2) is 5.29. The monoisotopic (exact) mass is 344 g/mol. The minimum Gasteiger partial charge on any atom is -0.507 e. The van der Waals surface area contributed by atoms with Crippen molar-refractivity contribution in [1.82, 2.24) is 0 Å². The van der Waals surface area contributed by atoms with E-state index in [-0.39, 0.29) is 22.3 Å². The average molecular weight is 344 g/mol. The molecule has 1 unspecified atom stereocenters. The summed E-state index contributed by atoms with van der Waals surface area (Å²) in [7, 11) is 1.36. The van der Waals surface area contributed by atoms with E-state index in [1.165, 1.54) is 19.2 Å². The van der Waals surface area contributed by atoms with Crippen LogP contribution < -0.4 is 4.74 Å². The van der Waals surface area contributed by atoms with Crippen LogP contribution in [0.2, 0.25) is 0 Å². The largest absolute Gasteiger partial charge is 0.507 e. The number of phenols is 2. The Hall–Kier alpha value is -2.93. The van der Waals surface area contributed by atoms with Crippen LogP contribution in [0.3, 0.4) is 0 Å². The third-order valence-corrected chi connectivity index (χ3v) is 4.45. The normalized spacial score (nSPS) is 19.4. The number of methoxy groups -OCH3 is 1. The van der Waals surface area contributed by atoms with Crippen molar-refractivity contribution in [2.75, 3.05) is 7.11 Å². The Morgan fingerprint density at radius 3 is 2.08 bits per heavy atom. The molecule has 25 heavy (non-hydrogen) atoms. The van der Waals surface area contributed by atoms with Gasteiger partial charge in [0.05, 0.1) is 18.2 Å². The number of carbonyl (C=O) groups is 3. The Morgan fingerprint density at radius 1 is 1.08 bits per heavy atom. The number of rotatable bonds is 3. The number of ether oxygens (including phenoxy) is 1. The maximum atomic E-state index is 12.8. The van der Waals surface area contributed by atoms with Crippen molar-refractivity contribution in [3.63, 3.8) is 0 Å². The van der Waals surface area contributed by atoms with E-state index >= 15 is 0 Å². The number of aryl methyl sites for hydroxylation is 1. The molecule has 0 radical (unpaired) electrons. The van der Waals surface area contributed by atoms with E-state index in [9.17, 15) is 29.7 Å². The molecule has 0 amide bonds. The fourth-order valence-electron chi connectivity index (χ4n) is 3.42. The van der Waals surface area contributed by atoms with Crippen molar-refractivity contribution in [3.8, 4) is 17.2 Å².